The molecule has 0 fully saturated rings. The number of hydrogen-bond donors (Lipinski definition) is 3. The van der Waals surface area contributed by atoms with Crippen molar-refractivity contribution in [3.8, 4) is 0 Å². The highest BCUT2D eigenvalue weighted by Gasteiger charge is 2.22. The summed E-state index contributed by atoms with van der Waals surface area (Å²) in [6, 6.07) is 0. The Morgan fingerprint density at radius 1 is 0.294 bits per heavy atom. The zero-order chi connectivity index (χ0) is 38.0. The molecule has 2 aromatic rings. The van der Waals surface area contributed by atoms with Crippen LogP contribution in [0.1, 0.15) is 0 Å². The predicted octanol–water partition coefficient (Wildman–Crippen LogP) is -2.13. The van der Waals surface area contributed by atoms with Crippen LogP contribution in [0.4, 0.5) is 35.7 Å². The predicted molar refractivity (Wildman–Crippen MR) is 183 cm³/mol. The Hall–Kier alpha value is -3.66. The Morgan fingerprint density at radius 2 is 0.451 bits per heavy atom. The lowest BCUT2D eigenvalue weighted by Gasteiger charge is -2.27. The van der Waals surface area contributed by atoms with Crippen LogP contribution in [0.5, 0.6) is 0 Å². The van der Waals surface area contributed by atoms with Crippen LogP contribution in [0.2, 0.25) is 0 Å². The smallest absolute Gasteiger partial charge is 0.235 e. The molecule has 0 aliphatic rings. The second-order valence-electron chi connectivity index (χ2n) is 9.89. The largest absolute Gasteiger partial charge is 0.376 e. The number of hydrogen-bond acceptors (Lipinski definition) is 24. The number of aliphatic hydroxyl groups is 3. The average molecular weight is 739 g/mol. The first-order chi connectivity index (χ1) is 24.8. The first kappa shape index (κ1) is 45.4. The standard InChI is InChI=1S/C14H28N6O6.C13H26N6O6/c1-22-7-18(6-21)12-15-13(19(8-23-2)9-24-3)17-14(16-12)20(10-25-4)11-26-5;1-22-7-18(8-23-2)12-14-11(17(5-20)6-21)15-13(16-12)19(9-24-3)10-25-4/h21H,6-11H2,1-5H3;20-21H,5-10H2,1-4H3. The molecule has 0 unspecified atom stereocenters. The molecule has 0 spiro atoms. The molecule has 0 saturated heterocycles. The molecule has 51 heavy (non-hydrogen) atoms. The Kier molecular flexibility index (Phi) is 24.1. The fourth-order valence-corrected chi connectivity index (χ4v) is 3.88. The van der Waals surface area contributed by atoms with Gasteiger partial charge in [-0.3, -0.25) is 29.4 Å². The minimum atomic E-state index is -0.470. The van der Waals surface area contributed by atoms with E-state index in [0.29, 0.717) is 11.9 Å². The third kappa shape index (κ3) is 15.2. The summed E-state index contributed by atoms with van der Waals surface area (Å²) < 4.78 is 46.3. The summed E-state index contributed by atoms with van der Waals surface area (Å²) >= 11 is 0. The minimum Gasteiger partial charge on any atom is -0.376 e. The Morgan fingerprint density at radius 3 is 0.627 bits per heavy atom. The number of rotatable bonds is 27. The van der Waals surface area contributed by atoms with Crippen molar-refractivity contribution in [3.05, 3.63) is 0 Å². The van der Waals surface area contributed by atoms with Gasteiger partial charge in [-0.25, -0.2) is 0 Å². The molecule has 294 valence electrons. The van der Waals surface area contributed by atoms with E-state index in [9.17, 15) is 15.3 Å². The lowest BCUT2D eigenvalue weighted by atomic mass is 10.6. The summed E-state index contributed by atoms with van der Waals surface area (Å²) in [6.07, 6.45) is 0. The van der Waals surface area contributed by atoms with Crippen LogP contribution < -0.4 is 29.4 Å². The van der Waals surface area contributed by atoms with Gasteiger partial charge in [-0.2, -0.15) is 29.9 Å². The molecule has 0 aliphatic carbocycles. The van der Waals surface area contributed by atoms with Crippen molar-refractivity contribution in [1.29, 1.82) is 0 Å². The van der Waals surface area contributed by atoms with Gasteiger partial charge < -0.3 is 58.0 Å². The minimum absolute atomic E-state index is 0.0828. The van der Waals surface area contributed by atoms with Crippen LogP contribution >= 0.6 is 0 Å². The molecule has 0 radical (unpaired) electrons. The maximum absolute atomic E-state index is 9.60. The molecule has 0 aromatic carbocycles. The Balaban J connectivity index is 0.000000510. The van der Waals surface area contributed by atoms with E-state index in [4.69, 9.17) is 42.6 Å². The van der Waals surface area contributed by atoms with Crippen molar-refractivity contribution in [3.63, 3.8) is 0 Å². The van der Waals surface area contributed by atoms with E-state index in [2.05, 4.69) is 29.9 Å². The van der Waals surface area contributed by atoms with Gasteiger partial charge in [0, 0.05) is 64.0 Å². The molecule has 2 heterocycles. The maximum Gasteiger partial charge on any atom is 0.235 e. The Labute approximate surface area is 297 Å². The van der Waals surface area contributed by atoms with Crippen LogP contribution in [-0.2, 0) is 42.6 Å². The first-order valence-corrected chi connectivity index (χ1v) is 15.0. The topological polar surface area (TPSA) is 241 Å². The van der Waals surface area contributed by atoms with Gasteiger partial charge in [0.25, 0.3) is 0 Å². The van der Waals surface area contributed by atoms with Crippen molar-refractivity contribution in [1.82, 2.24) is 29.9 Å². The SMILES string of the molecule is COCN(CO)c1nc(N(COC)COC)nc(N(COC)COC)n1.COCN(COC)c1nc(N(CO)CO)nc(N(COC)COC)n1. The molecule has 0 amide bonds. The van der Waals surface area contributed by atoms with Crippen LogP contribution in [-0.4, -0.2) is 190 Å². The first-order valence-electron chi connectivity index (χ1n) is 15.0. The van der Waals surface area contributed by atoms with Gasteiger partial charge in [0.2, 0.25) is 35.7 Å². The molecule has 24 nitrogen and oxygen atoms in total. The fraction of sp³-hybridized carbons (Fsp3) is 0.778. The third-order valence-corrected chi connectivity index (χ3v) is 5.97. The molecule has 0 aliphatic heterocycles. The van der Waals surface area contributed by atoms with E-state index in [-0.39, 0.29) is 91.1 Å². The normalized spacial score (nSPS) is 10.8. The van der Waals surface area contributed by atoms with Crippen LogP contribution in [0.25, 0.3) is 0 Å². The van der Waals surface area contributed by atoms with Crippen molar-refractivity contribution in [2.24, 2.45) is 0 Å². The van der Waals surface area contributed by atoms with Gasteiger partial charge in [0.1, 0.15) is 80.8 Å². The molecular formula is C27H54N12O12. The highest BCUT2D eigenvalue weighted by atomic mass is 16.5. The lowest BCUT2D eigenvalue weighted by Crippen LogP contribution is -2.35. The lowest BCUT2D eigenvalue weighted by molar-refractivity contribution is 0.136. The molecule has 2 rings (SSSR count). The van der Waals surface area contributed by atoms with E-state index in [1.165, 1.54) is 40.4 Å². The summed E-state index contributed by atoms with van der Waals surface area (Å²) in [6.45, 7) is 0.320. The molecule has 2 aromatic heterocycles. The van der Waals surface area contributed by atoms with Gasteiger partial charge in [-0.15, -0.1) is 0 Å². The molecule has 0 saturated carbocycles. The van der Waals surface area contributed by atoms with Gasteiger partial charge in [0.05, 0.1) is 0 Å². The average Bonchev–Trinajstić information content (AvgIpc) is 3.14. The summed E-state index contributed by atoms with van der Waals surface area (Å²) in [5, 5.41) is 28.4. The van der Waals surface area contributed by atoms with E-state index < -0.39 is 13.5 Å². The molecular weight excluding hydrogens is 684 g/mol. The van der Waals surface area contributed by atoms with Crippen molar-refractivity contribution in [2.75, 3.05) is 174 Å². The van der Waals surface area contributed by atoms with Gasteiger partial charge in [-0.1, -0.05) is 0 Å². The second-order valence-corrected chi connectivity index (χ2v) is 9.89. The third-order valence-electron chi connectivity index (χ3n) is 5.97. The number of aliphatic hydroxyl groups excluding tert-OH is 3. The molecule has 0 atom stereocenters. The zero-order valence-corrected chi connectivity index (χ0v) is 30.9. The number of methoxy groups -OCH3 is 9. The van der Waals surface area contributed by atoms with E-state index in [0.717, 1.165) is 4.90 Å². The monoisotopic (exact) mass is 738 g/mol. The van der Waals surface area contributed by atoms with Gasteiger partial charge in [-0.05, 0) is 0 Å². The zero-order valence-electron chi connectivity index (χ0n) is 30.9. The number of anilines is 6. The van der Waals surface area contributed by atoms with Crippen molar-refractivity contribution < 1.29 is 58.0 Å². The summed E-state index contributed by atoms with van der Waals surface area (Å²) in [7, 11) is 13.8. The van der Waals surface area contributed by atoms with Crippen LogP contribution in [0, 0.1) is 0 Å². The van der Waals surface area contributed by atoms with Gasteiger partial charge >= 0.3 is 0 Å². The van der Waals surface area contributed by atoms with Crippen LogP contribution in [0.3, 0.4) is 0 Å². The highest BCUT2D eigenvalue weighted by molar-refractivity contribution is 5.47. The summed E-state index contributed by atoms with van der Waals surface area (Å²) in [4.78, 5) is 35.2. The number of nitrogens with zero attached hydrogens (tertiary/aromatic N) is 12. The second kappa shape index (κ2) is 27.1. The molecule has 0 bridgehead atoms. The van der Waals surface area contributed by atoms with Crippen LogP contribution in [0.15, 0.2) is 0 Å². The van der Waals surface area contributed by atoms with E-state index in [1.54, 1.807) is 48.0 Å². The summed E-state index contributed by atoms with van der Waals surface area (Å²) in [5.41, 5.74) is 0. The molecule has 3 N–H and O–H groups in total. The molecule has 24 heteroatoms. The van der Waals surface area contributed by atoms with E-state index in [1.807, 2.05) is 0 Å². The summed E-state index contributed by atoms with van der Waals surface area (Å²) in [5.74, 6) is 1.41. The Bertz CT molecular complexity index is 1090. The van der Waals surface area contributed by atoms with Crippen molar-refractivity contribution in [2.45, 2.75) is 0 Å². The fourth-order valence-electron chi connectivity index (χ4n) is 3.88. The highest BCUT2D eigenvalue weighted by Crippen LogP contribution is 2.21. The van der Waals surface area contributed by atoms with Crippen molar-refractivity contribution >= 4 is 35.7 Å². The number of ether oxygens (including phenoxy) is 9. The maximum atomic E-state index is 9.60. The van der Waals surface area contributed by atoms with Gasteiger partial charge in [0.15, 0.2) is 0 Å². The quantitative estimate of drug-likeness (QED) is 0.0829. The van der Waals surface area contributed by atoms with E-state index >= 15 is 0 Å². The number of aromatic nitrogens is 6.